The maximum Gasteiger partial charge on any atom is 0.208 e. The molecule has 4 heteroatoms. The smallest absolute Gasteiger partial charge is 0.208 e. The number of nitrogens with zero attached hydrogens (tertiary/aromatic N) is 1. The van der Waals surface area contributed by atoms with E-state index in [0.717, 1.165) is 23.8 Å². The van der Waals surface area contributed by atoms with Crippen LogP contribution in [0.1, 0.15) is 18.7 Å². The normalized spacial score (nSPS) is 15.1. The van der Waals surface area contributed by atoms with Gasteiger partial charge in [0.1, 0.15) is 0 Å². The van der Waals surface area contributed by atoms with E-state index in [1.54, 1.807) is 6.20 Å². The van der Waals surface area contributed by atoms with E-state index in [4.69, 9.17) is 4.42 Å². The number of hydrogen-bond acceptors (Lipinski definition) is 3. The number of benzene rings is 1. The molecule has 0 spiro atoms. The zero-order valence-corrected chi connectivity index (χ0v) is 11.5. The number of halogens is 1. The molecule has 1 aliphatic rings. The van der Waals surface area contributed by atoms with Crippen LogP contribution in [0.5, 0.6) is 0 Å². The molecule has 0 aliphatic heterocycles. The summed E-state index contributed by atoms with van der Waals surface area (Å²) in [5.74, 6) is 1.62. The molecule has 1 heterocycles. The summed E-state index contributed by atoms with van der Waals surface area (Å²) in [6, 6.07) is 8.85. The molecular formula is C13H13IN2O. The van der Waals surface area contributed by atoms with Gasteiger partial charge in [-0.3, -0.25) is 0 Å². The number of rotatable bonds is 4. The second kappa shape index (κ2) is 4.78. The van der Waals surface area contributed by atoms with Gasteiger partial charge in [-0.15, -0.1) is 0 Å². The van der Waals surface area contributed by atoms with Crippen molar-refractivity contribution >= 4 is 22.6 Å². The van der Waals surface area contributed by atoms with Crippen LogP contribution in [-0.4, -0.2) is 11.0 Å². The topological polar surface area (TPSA) is 38.1 Å². The Kier molecular flexibility index (Phi) is 3.15. The molecule has 17 heavy (non-hydrogen) atoms. The number of nitrogens with one attached hydrogen (secondary N) is 1. The second-order valence-corrected chi connectivity index (χ2v) is 5.42. The van der Waals surface area contributed by atoms with E-state index in [-0.39, 0.29) is 0 Å². The standard InChI is InChI=1S/C13H13IN2O/c14-11-4-2-1-3-10(11)12-7-16-13(17-12)8-15-9-5-6-9/h1-4,7,9,15H,5-6,8H2. The maximum atomic E-state index is 5.75. The van der Waals surface area contributed by atoms with Gasteiger partial charge in [-0.25, -0.2) is 4.98 Å². The summed E-state index contributed by atoms with van der Waals surface area (Å²) >= 11 is 2.31. The van der Waals surface area contributed by atoms with Gasteiger partial charge < -0.3 is 9.73 Å². The lowest BCUT2D eigenvalue weighted by Crippen LogP contribution is -2.15. The Hall–Kier alpha value is -0.880. The lowest BCUT2D eigenvalue weighted by Gasteiger charge is -1.99. The van der Waals surface area contributed by atoms with Crippen molar-refractivity contribution in [3.63, 3.8) is 0 Å². The van der Waals surface area contributed by atoms with Crippen molar-refractivity contribution in [2.75, 3.05) is 0 Å². The minimum atomic E-state index is 0.683. The molecule has 0 bridgehead atoms. The second-order valence-electron chi connectivity index (χ2n) is 4.25. The van der Waals surface area contributed by atoms with E-state index in [1.165, 1.54) is 16.4 Å². The third-order valence-corrected chi connectivity index (χ3v) is 3.75. The van der Waals surface area contributed by atoms with Crippen LogP contribution < -0.4 is 5.32 Å². The van der Waals surface area contributed by atoms with Crippen molar-refractivity contribution in [1.29, 1.82) is 0 Å². The zero-order chi connectivity index (χ0) is 11.7. The first-order valence-corrected chi connectivity index (χ1v) is 6.84. The van der Waals surface area contributed by atoms with Crippen LogP contribution in [0.4, 0.5) is 0 Å². The van der Waals surface area contributed by atoms with Crippen LogP contribution in [0.3, 0.4) is 0 Å². The molecule has 88 valence electrons. The number of aromatic nitrogens is 1. The summed E-state index contributed by atoms with van der Waals surface area (Å²) in [4.78, 5) is 4.30. The van der Waals surface area contributed by atoms with E-state index >= 15 is 0 Å². The van der Waals surface area contributed by atoms with Crippen LogP contribution >= 0.6 is 22.6 Å². The van der Waals surface area contributed by atoms with Crippen molar-refractivity contribution < 1.29 is 4.42 Å². The number of hydrogen-bond donors (Lipinski definition) is 1. The third kappa shape index (κ3) is 2.69. The monoisotopic (exact) mass is 340 g/mol. The van der Waals surface area contributed by atoms with E-state index in [0.29, 0.717) is 6.04 Å². The largest absolute Gasteiger partial charge is 0.439 e. The third-order valence-electron chi connectivity index (χ3n) is 2.81. The molecule has 1 aromatic carbocycles. The highest BCUT2D eigenvalue weighted by atomic mass is 127. The number of oxazole rings is 1. The van der Waals surface area contributed by atoms with Crippen molar-refractivity contribution in [1.82, 2.24) is 10.3 Å². The van der Waals surface area contributed by atoms with Gasteiger partial charge in [0.05, 0.1) is 12.7 Å². The van der Waals surface area contributed by atoms with Gasteiger partial charge in [0.25, 0.3) is 0 Å². The van der Waals surface area contributed by atoms with Crippen LogP contribution in [0.2, 0.25) is 0 Å². The van der Waals surface area contributed by atoms with E-state index in [2.05, 4.69) is 45.0 Å². The van der Waals surface area contributed by atoms with Crippen molar-refractivity contribution in [3.8, 4) is 11.3 Å². The molecule has 0 atom stereocenters. The van der Waals surface area contributed by atoms with Crippen molar-refractivity contribution in [2.45, 2.75) is 25.4 Å². The Morgan fingerprint density at radius 3 is 2.94 bits per heavy atom. The van der Waals surface area contributed by atoms with Crippen LogP contribution in [0, 0.1) is 3.57 Å². The molecule has 0 unspecified atom stereocenters. The van der Waals surface area contributed by atoms with Gasteiger partial charge in [-0.1, -0.05) is 18.2 Å². The lowest BCUT2D eigenvalue weighted by atomic mass is 10.2. The van der Waals surface area contributed by atoms with E-state index in [9.17, 15) is 0 Å². The molecule has 2 aromatic rings. The fourth-order valence-electron chi connectivity index (χ4n) is 1.70. The summed E-state index contributed by atoms with van der Waals surface area (Å²) in [6.45, 7) is 0.730. The van der Waals surface area contributed by atoms with Gasteiger partial charge >= 0.3 is 0 Å². The molecular weight excluding hydrogens is 327 g/mol. The van der Waals surface area contributed by atoms with Gasteiger partial charge in [0.2, 0.25) is 5.89 Å². The summed E-state index contributed by atoms with van der Waals surface area (Å²) in [5.41, 5.74) is 1.11. The highest BCUT2D eigenvalue weighted by Gasteiger charge is 2.21. The predicted molar refractivity (Wildman–Crippen MR) is 74.5 cm³/mol. The Morgan fingerprint density at radius 1 is 1.35 bits per heavy atom. The SMILES string of the molecule is Ic1ccccc1-c1cnc(CNC2CC2)o1. The zero-order valence-electron chi connectivity index (χ0n) is 9.32. The first-order valence-electron chi connectivity index (χ1n) is 5.76. The average molecular weight is 340 g/mol. The van der Waals surface area contributed by atoms with Gasteiger partial charge in [-0.2, -0.15) is 0 Å². The van der Waals surface area contributed by atoms with Crippen LogP contribution in [-0.2, 0) is 6.54 Å². The molecule has 1 saturated carbocycles. The van der Waals surface area contributed by atoms with Crippen molar-refractivity contribution in [2.24, 2.45) is 0 Å². The minimum absolute atomic E-state index is 0.683. The lowest BCUT2D eigenvalue weighted by molar-refractivity contribution is 0.476. The molecule has 0 saturated heterocycles. The van der Waals surface area contributed by atoms with Gasteiger partial charge in [0, 0.05) is 15.2 Å². The molecule has 0 amide bonds. The van der Waals surface area contributed by atoms with Gasteiger partial charge in [0.15, 0.2) is 5.76 Å². The van der Waals surface area contributed by atoms with Gasteiger partial charge in [-0.05, 0) is 41.5 Å². The Labute approximate surface area is 114 Å². The van der Waals surface area contributed by atoms with E-state index < -0.39 is 0 Å². The molecule has 3 rings (SSSR count). The van der Waals surface area contributed by atoms with Crippen molar-refractivity contribution in [3.05, 3.63) is 39.9 Å². The Bertz CT molecular complexity index is 520. The van der Waals surface area contributed by atoms with Crippen LogP contribution in [0.15, 0.2) is 34.9 Å². The Balaban J connectivity index is 1.77. The first kappa shape index (κ1) is 11.2. The highest BCUT2D eigenvalue weighted by molar-refractivity contribution is 14.1. The molecule has 0 radical (unpaired) electrons. The minimum Gasteiger partial charge on any atom is -0.439 e. The molecule has 1 N–H and O–H groups in total. The summed E-state index contributed by atoms with van der Waals surface area (Å²) < 4.78 is 6.93. The first-order chi connectivity index (χ1) is 8.33. The molecule has 1 aromatic heterocycles. The fraction of sp³-hybridized carbons (Fsp3) is 0.308. The van der Waals surface area contributed by atoms with E-state index in [1.807, 2.05) is 12.1 Å². The fourth-order valence-corrected chi connectivity index (χ4v) is 2.35. The predicted octanol–water partition coefficient (Wildman–Crippen LogP) is 3.20. The summed E-state index contributed by atoms with van der Waals surface area (Å²) in [6.07, 6.45) is 4.37. The Morgan fingerprint density at radius 2 is 2.18 bits per heavy atom. The van der Waals surface area contributed by atoms with Crippen LogP contribution in [0.25, 0.3) is 11.3 Å². The molecule has 1 fully saturated rings. The molecule has 3 nitrogen and oxygen atoms in total. The maximum absolute atomic E-state index is 5.75. The highest BCUT2D eigenvalue weighted by Crippen LogP contribution is 2.26. The quantitative estimate of drug-likeness (QED) is 0.869. The summed E-state index contributed by atoms with van der Waals surface area (Å²) in [5, 5.41) is 3.39. The summed E-state index contributed by atoms with van der Waals surface area (Å²) in [7, 11) is 0. The average Bonchev–Trinajstić information content (AvgIpc) is 3.06. The molecule has 1 aliphatic carbocycles.